The quantitative estimate of drug-likeness (QED) is 0.284. The molecule has 1 aliphatic rings. The summed E-state index contributed by atoms with van der Waals surface area (Å²) in [6.45, 7) is 8.13. The highest BCUT2D eigenvalue weighted by atomic mass is 32.2. The van der Waals surface area contributed by atoms with Gasteiger partial charge in [0.15, 0.2) is 10.7 Å². The highest BCUT2D eigenvalue weighted by Crippen LogP contribution is 2.26. The van der Waals surface area contributed by atoms with E-state index in [-0.39, 0.29) is 11.5 Å². The topological polar surface area (TPSA) is 92.8 Å². The van der Waals surface area contributed by atoms with Crippen LogP contribution in [0.1, 0.15) is 43.5 Å². The van der Waals surface area contributed by atoms with E-state index in [1.54, 1.807) is 26.0 Å². The van der Waals surface area contributed by atoms with Crippen molar-refractivity contribution in [2.75, 3.05) is 48.6 Å². The van der Waals surface area contributed by atoms with Crippen LogP contribution in [-0.2, 0) is 21.2 Å². The van der Waals surface area contributed by atoms with E-state index in [2.05, 4.69) is 38.8 Å². The SMILES string of the molecule is CC(C)S(=O)(=O)Nc1cc(C(=O)CCCCN2CCN(c3ccccc3)CC2)ccc1[S+](C)[O-]. The average Bonchev–Trinajstić information content (AvgIpc) is 2.82. The third-order valence-electron chi connectivity index (χ3n) is 6.11. The van der Waals surface area contributed by atoms with Gasteiger partial charge in [0.2, 0.25) is 10.0 Å². The Morgan fingerprint density at radius 2 is 1.74 bits per heavy atom. The zero-order valence-electron chi connectivity index (χ0n) is 20.2. The number of carbonyl (C=O) groups is 1. The molecule has 0 amide bonds. The molecule has 1 heterocycles. The summed E-state index contributed by atoms with van der Waals surface area (Å²) in [5, 5.41) is -0.639. The summed E-state index contributed by atoms with van der Waals surface area (Å²) in [5.74, 6) is -0.0349. The van der Waals surface area contributed by atoms with Crippen LogP contribution in [0.3, 0.4) is 0 Å². The molecule has 0 aliphatic carbocycles. The Kier molecular flexibility index (Phi) is 9.41. The fourth-order valence-corrected chi connectivity index (χ4v) is 5.39. The Morgan fingerprint density at radius 1 is 1.06 bits per heavy atom. The first-order valence-corrected chi connectivity index (χ1v) is 14.8. The molecule has 3 rings (SSSR count). The molecule has 1 N–H and O–H groups in total. The lowest BCUT2D eigenvalue weighted by molar-refractivity contribution is 0.0977. The second-order valence-corrected chi connectivity index (χ2v) is 12.5. The van der Waals surface area contributed by atoms with Crippen molar-refractivity contribution in [3.05, 3.63) is 54.1 Å². The largest absolute Gasteiger partial charge is 0.612 e. The van der Waals surface area contributed by atoms with E-state index in [0.717, 1.165) is 45.6 Å². The minimum absolute atomic E-state index is 0.0349. The van der Waals surface area contributed by atoms with E-state index in [1.807, 2.05) is 6.07 Å². The van der Waals surface area contributed by atoms with Crippen LogP contribution in [0.2, 0.25) is 0 Å². The van der Waals surface area contributed by atoms with Crippen molar-refractivity contribution in [1.29, 1.82) is 0 Å². The summed E-state index contributed by atoms with van der Waals surface area (Å²) in [4.78, 5) is 18.0. The highest BCUT2D eigenvalue weighted by molar-refractivity contribution is 7.93. The van der Waals surface area contributed by atoms with Crippen molar-refractivity contribution < 1.29 is 17.8 Å². The van der Waals surface area contributed by atoms with Gasteiger partial charge in [0.1, 0.15) is 11.9 Å². The van der Waals surface area contributed by atoms with Gasteiger partial charge in [-0.1, -0.05) is 18.2 Å². The van der Waals surface area contributed by atoms with Gasteiger partial charge >= 0.3 is 0 Å². The number of sulfonamides is 1. The normalized spacial score (nSPS) is 16.0. The van der Waals surface area contributed by atoms with Crippen LogP contribution in [-0.4, -0.2) is 67.9 Å². The van der Waals surface area contributed by atoms with Crippen LogP contribution in [0.4, 0.5) is 11.4 Å². The summed E-state index contributed by atoms with van der Waals surface area (Å²) in [6.07, 6.45) is 3.59. The zero-order valence-corrected chi connectivity index (χ0v) is 21.8. The molecule has 34 heavy (non-hydrogen) atoms. The van der Waals surface area contributed by atoms with E-state index >= 15 is 0 Å². The molecule has 0 aromatic heterocycles. The third kappa shape index (κ3) is 7.21. The Hall–Kier alpha value is -2.07. The van der Waals surface area contributed by atoms with E-state index in [0.29, 0.717) is 16.9 Å². The van der Waals surface area contributed by atoms with Gasteiger partial charge in [-0.15, -0.1) is 0 Å². The van der Waals surface area contributed by atoms with E-state index in [4.69, 9.17) is 0 Å². The first kappa shape index (κ1) is 26.5. The lowest BCUT2D eigenvalue weighted by Crippen LogP contribution is -2.46. The molecule has 0 radical (unpaired) electrons. The number of carbonyl (C=O) groups excluding carboxylic acids is 1. The fourth-order valence-electron chi connectivity index (χ4n) is 3.94. The van der Waals surface area contributed by atoms with Crippen LogP contribution in [0, 0.1) is 0 Å². The standard InChI is InChI=1S/C25H35N3O4S2/c1-20(2)34(31,32)26-23-19-21(12-13-25(23)33(3)30)24(29)11-7-8-14-27-15-17-28(18-16-27)22-9-5-4-6-10-22/h4-6,9-10,12-13,19-20,26H,7-8,11,14-18H2,1-3H3. The molecule has 0 saturated carbocycles. The third-order valence-corrected chi connectivity index (χ3v) is 8.83. The van der Waals surface area contributed by atoms with Crippen molar-refractivity contribution >= 4 is 38.4 Å². The van der Waals surface area contributed by atoms with Crippen LogP contribution in [0.5, 0.6) is 0 Å². The number of Topliss-reactive ketones (excluding diaryl/α,β-unsaturated/α-hetero) is 1. The number of para-hydroxylation sites is 1. The second-order valence-electron chi connectivity index (χ2n) is 8.91. The van der Waals surface area contributed by atoms with Crippen molar-refractivity contribution in [3.63, 3.8) is 0 Å². The number of nitrogens with zero attached hydrogens (tertiary/aromatic N) is 2. The Balaban J connectivity index is 1.49. The van der Waals surface area contributed by atoms with Gasteiger partial charge in [-0.3, -0.25) is 14.4 Å². The molecule has 1 unspecified atom stereocenters. The molecule has 186 valence electrons. The van der Waals surface area contributed by atoms with Crippen LogP contribution in [0.15, 0.2) is 53.4 Å². The number of hydrogen-bond donors (Lipinski definition) is 1. The Labute approximate surface area is 206 Å². The number of nitrogens with one attached hydrogen (secondary N) is 1. The van der Waals surface area contributed by atoms with E-state index in [9.17, 15) is 17.8 Å². The maximum atomic E-state index is 12.8. The number of piperazine rings is 1. The average molecular weight is 506 g/mol. The van der Waals surface area contributed by atoms with Gasteiger partial charge in [-0.2, -0.15) is 0 Å². The maximum Gasteiger partial charge on any atom is 0.235 e. The molecule has 2 aromatic carbocycles. The molecular weight excluding hydrogens is 470 g/mol. The Morgan fingerprint density at radius 3 is 2.35 bits per heavy atom. The van der Waals surface area contributed by atoms with Gasteiger partial charge in [0, 0.05) is 43.9 Å². The summed E-state index contributed by atoms with van der Waals surface area (Å²) in [5.41, 5.74) is 1.92. The van der Waals surface area contributed by atoms with E-state index in [1.165, 1.54) is 18.0 Å². The van der Waals surface area contributed by atoms with Crippen LogP contribution >= 0.6 is 0 Å². The minimum Gasteiger partial charge on any atom is -0.612 e. The van der Waals surface area contributed by atoms with Gasteiger partial charge < -0.3 is 9.45 Å². The summed E-state index contributed by atoms with van der Waals surface area (Å²) in [7, 11) is -3.61. The minimum atomic E-state index is -3.61. The molecular formula is C25H35N3O4S2. The van der Waals surface area contributed by atoms with Gasteiger partial charge in [-0.05, 0) is 74.7 Å². The predicted octanol–water partition coefficient (Wildman–Crippen LogP) is 3.75. The first-order chi connectivity index (χ1) is 16.2. The van der Waals surface area contributed by atoms with Crippen molar-refractivity contribution in [3.8, 4) is 0 Å². The number of benzene rings is 2. The number of unbranched alkanes of at least 4 members (excludes halogenated alkanes) is 1. The molecule has 7 nitrogen and oxygen atoms in total. The lowest BCUT2D eigenvalue weighted by Gasteiger charge is -2.36. The van der Waals surface area contributed by atoms with Crippen molar-refractivity contribution in [2.24, 2.45) is 0 Å². The molecule has 9 heteroatoms. The summed E-state index contributed by atoms with van der Waals surface area (Å²) in [6, 6.07) is 15.2. The lowest BCUT2D eigenvalue weighted by atomic mass is 10.0. The maximum absolute atomic E-state index is 12.8. The number of hydrogen-bond acceptors (Lipinski definition) is 6. The molecule has 0 spiro atoms. The smallest absolute Gasteiger partial charge is 0.235 e. The Bertz CT molecular complexity index is 1050. The first-order valence-electron chi connectivity index (χ1n) is 11.7. The molecule has 1 fully saturated rings. The number of rotatable bonds is 11. The predicted molar refractivity (Wildman–Crippen MR) is 140 cm³/mol. The number of anilines is 2. The van der Waals surface area contributed by atoms with Crippen molar-refractivity contribution in [2.45, 2.75) is 43.3 Å². The van der Waals surface area contributed by atoms with Gasteiger partial charge in [0.05, 0.1) is 5.25 Å². The van der Waals surface area contributed by atoms with E-state index < -0.39 is 26.4 Å². The summed E-state index contributed by atoms with van der Waals surface area (Å²) >= 11 is -1.38. The monoisotopic (exact) mass is 505 g/mol. The molecule has 1 aliphatic heterocycles. The molecule has 0 bridgehead atoms. The molecule has 1 saturated heterocycles. The number of ketones is 1. The second kappa shape index (κ2) is 12.1. The zero-order chi connectivity index (χ0) is 24.7. The van der Waals surface area contributed by atoms with Gasteiger partial charge in [0.25, 0.3) is 0 Å². The highest BCUT2D eigenvalue weighted by Gasteiger charge is 2.22. The van der Waals surface area contributed by atoms with Crippen molar-refractivity contribution in [1.82, 2.24) is 4.90 Å². The molecule has 1 atom stereocenters. The fraction of sp³-hybridized carbons (Fsp3) is 0.480. The molecule has 2 aromatic rings. The van der Waals surface area contributed by atoms with Gasteiger partial charge in [-0.25, -0.2) is 8.42 Å². The van der Waals surface area contributed by atoms with Crippen LogP contribution < -0.4 is 9.62 Å². The van der Waals surface area contributed by atoms with Crippen LogP contribution in [0.25, 0.3) is 0 Å². The summed E-state index contributed by atoms with van der Waals surface area (Å²) < 4.78 is 39.2.